The number of alkyl halides is 2. The fourth-order valence-electron chi connectivity index (χ4n) is 2.62. The lowest BCUT2D eigenvalue weighted by Gasteiger charge is -2.09. The zero-order valence-corrected chi connectivity index (χ0v) is 13.5. The third-order valence-corrected chi connectivity index (χ3v) is 4.37. The van der Waals surface area contributed by atoms with Crippen LogP contribution in [-0.2, 0) is 6.54 Å². The van der Waals surface area contributed by atoms with Crippen LogP contribution in [0.15, 0.2) is 41.5 Å². The summed E-state index contributed by atoms with van der Waals surface area (Å²) >= 11 is 1.50. The summed E-state index contributed by atoms with van der Waals surface area (Å²) in [5.74, 6) is 0. The summed E-state index contributed by atoms with van der Waals surface area (Å²) in [7, 11) is 0. The lowest BCUT2D eigenvalue weighted by molar-refractivity contribution is 0.127. The van der Waals surface area contributed by atoms with Gasteiger partial charge in [0.2, 0.25) is 0 Å². The Morgan fingerprint density at radius 3 is 2.84 bits per heavy atom. The number of halogens is 2. The minimum absolute atomic E-state index is 0.272. The Hall–Kier alpha value is -3.12. The molecule has 0 spiro atoms. The Morgan fingerprint density at radius 1 is 1.24 bits per heavy atom. The van der Waals surface area contributed by atoms with Crippen molar-refractivity contribution in [2.45, 2.75) is 13.0 Å². The van der Waals surface area contributed by atoms with E-state index < -0.39 is 13.0 Å². The van der Waals surface area contributed by atoms with Crippen LogP contribution in [0.25, 0.3) is 28.3 Å². The molecule has 0 N–H and O–H groups in total. The molecule has 9 heteroatoms. The molecule has 0 unspecified atom stereocenters. The first-order chi connectivity index (χ1) is 12.2. The van der Waals surface area contributed by atoms with Crippen molar-refractivity contribution in [2.75, 3.05) is 0 Å². The number of rotatable bonds is 4. The van der Waals surface area contributed by atoms with E-state index in [1.807, 2.05) is 22.9 Å². The fourth-order valence-corrected chi connectivity index (χ4v) is 3.26. The minimum atomic E-state index is -2.52. The van der Waals surface area contributed by atoms with Gasteiger partial charge in [0.25, 0.3) is 6.43 Å². The zero-order chi connectivity index (χ0) is 17.4. The summed E-state index contributed by atoms with van der Waals surface area (Å²) in [5, 5.41) is 17.4. The van der Waals surface area contributed by atoms with Crippen LogP contribution in [0.5, 0.6) is 0 Å². The van der Waals surface area contributed by atoms with Crippen molar-refractivity contribution in [3.05, 3.63) is 47.2 Å². The Balaban J connectivity index is 1.94. The zero-order valence-electron chi connectivity index (χ0n) is 12.7. The summed E-state index contributed by atoms with van der Waals surface area (Å²) in [6, 6.07) is 7.27. The van der Waals surface area contributed by atoms with Crippen LogP contribution >= 0.6 is 11.3 Å². The van der Waals surface area contributed by atoms with Gasteiger partial charge in [-0.05, 0) is 23.6 Å². The monoisotopic (exact) mass is 356 g/mol. The Labute approximate surface area is 144 Å². The molecule has 0 saturated heterocycles. The van der Waals surface area contributed by atoms with Gasteiger partial charge in [0, 0.05) is 10.9 Å². The van der Waals surface area contributed by atoms with E-state index in [-0.39, 0.29) is 5.69 Å². The third kappa shape index (κ3) is 2.66. The molecule has 6 nitrogen and oxygen atoms in total. The second-order valence-corrected chi connectivity index (χ2v) is 6.02. The SMILES string of the molecule is N#Cc1cnc2ccc(-c3c(-c4ccsc4)ncn3CC(F)F)nn12. The first-order valence-electron chi connectivity index (χ1n) is 7.28. The van der Waals surface area contributed by atoms with Crippen LogP contribution in [0.1, 0.15) is 5.69 Å². The highest BCUT2D eigenvalue weighted by Gasteiger charge is 2.19. The van der Waals surface area contributed by atoms with Crippen molar-refractivity contribution >= 4 is 17.0 Å². The van der Waals surface area contributed by atoms with Gasteiger partial charge in [0.15, 0.2) is 11.3 Å². The number of hydrogen-bond donors (Lipinski definition) is 0. The predicted molar refractivity (Wildman–Crippen MR) is 88.2 cm³/mol. The van der Waals surface area contributed by atoms with Gasteiger partial charge in [-0.2, -0.15) is 21.7 Å². The molecular formula is C16H10F2N6S. The van der Waals surface area contributed by atoms with E-state index in [0.717, 1.165) is 5.56 Å². The standard InChI is InChI=1S/C16H10F2N6S/c17-13(18)7-23-9-21-15(10-3-4-25-8-10)16(23)12-1-2-14-20-6-11(5-19)24(14)22-12/h1-4,6,8-9,13H,7H2. The maximum Gasteiger partial charge on any atom is 0.256 e. The van der Waals surface area contributed by atoms with Gasteiger partial charge in [-0.25, -0.2) is 23.3 Å². The normalized spacial score (nSPS) is 11.3. The van der Waals surface area contributed by atoms with Crippen LogP contribution in [0.2, 0.25) is 0 Å². The average Bonchev–Trinajstić information content (AvgIpc) is 3.32. The van der Waals surface area contributed by atoms with E-state index in [4.69, 9.17) is 5.26 Å². The molecule has 0 aliphatic rings. The Kier molecular flexibility index (Phi) is 3.74. The molecule has 124 valence electrons. The molecule has 25 heavy (non-hydrogen) atoms. The molecule has 4 rings (SSSR count). The molecule has 0 bridgehead atoms. The maximum absolute atomic E-state index is 13.0. The maximum atomic E-state index is 13.0. The summed E-state index contributed by atoms with van der Waals surface area (Å²) in [5.41, 5.74) is 3.12. The minimum Gasteiger partial charge on any atom is -0.323 e. The van der Waals surface area contributed by atoms with Crippen molar-refractivity contribution in [3.63, 3.8) is 0 Å². The molecule has 0 atom stereocenters. The number of aromatic nitrogens is 5. The van der Waals surface area contributed by atoms with Crippen LogP contribution in [0.4, 0.5) is 8.78 Å². The van der Waals surface area contributed by atoms with Gasteiger partial charge >= 0.3 is 0 Å². The second kappa shape index (κ2) is 6.07. The number of nitriles is 1. The van der Waals surface area contributed by atoms with E-state index in [9.17, 15) is 8.78 Å². The largest absolute Gasteiger partial charge is 0.323 e. The lowest BCUT2D eigenvalue weighted by atomic mass is 10.1. The number of hydrogen-bond acceptors (Lipinski definition) is 5. The van der Waals surface area contributed by atoms with Crippen LogP contribution in [0.3, 0.4) is 0 Å². The number of thiophene rings is 1. The molecular weight excluding hydrogens is 346 g/mol. The van der Waals surface area contributed by atoms with Gasteiger partial charge in [-0.15, -0.1) is 0 Å². The second-order valence-electron chi connectivity index (χ2n) is 5.24. The van der Waals surface area contributed by atoms with Gasteiger partial charge < -0.3 is 4.57 Å². The highest BCUT2D eigenvalue weighted by Crippen LogP contribution is 2.32. The summed E-state index contributed by atoms with van der Waals surface area (Å²) in [6.45, 7) is -0.485. The van der Waals surface area contributed by atoms with Crippen molar-refractivity contribution in [1.29, 1.82) is 5.26 Å². The molecule has 0 aliphatic carbocycles. The topological polar surface area (TPSA) is 71.8 Å². The first-order valence-corrected chi connectivity index (χ1v) is 8.23. The summed E-state index contributed by atoms with van der Waals surface area (Å²) in [6.07, 6.45) is 0.289. The van der Waals surface area contributed by atoms with E-state index in [0.29, 0.717) is 22.7 Å². The van der Waals surface area contributed by atoms with E-state index >= 15 is 0 Å². The third-order valence-electron chi connectivity index (χ3n) is 3.69. The summed E-state index contributed by atoms with van der Waals surface area (Å²) in [4.78, 5) is 8.40. The Bertz CT molecular complexity index is 1070. The highest BCUT2D eigenvalue weighted by molar-refractivity contribution is 7.08. The van der Waals surface area contributed by atoms with E-state index in [1.165, 1.54) is 32.9 Å². The highest BCUT2D eigenvalue weighted by atomic mass is 32.1. The quantitative estimate of drug-likeness (QED) is 0.561. The van der Waals surface area contributed by atoms with Crippen LogP contribution in [0, 0.1) is 11.3 Å². The van der Waals surface area contributed by atoms with Crippen molar-refractivity contribution in [3.8, 4) is 28.7 Å². The van der Waals surface area contributed by atoms with Crippen molar-refractivity contribution < 1.29 is 8.78 Å². The molecule has 4 aromatic heterocycles. The van der Waals surface area contributed by atoms with Crippen LogP contribution in [-0.4, -0.2) is 30.6 Å². The molecule has 0 aromatic carbocycles. The first kappa shape index (κ1) is 15.4. The molecule has 0 radical (unpaired) electrons. The van der Waals surface area contributed by atoms with E-state index in [1.54, 1.807) is 12.1 Å². The predicted octanol–water partition coefficient (Wildman–Crippen LogP) is 3.46. The van der Waals surface area contributed by atoms with Crippen LogP contribution < -0.4 is 0 Å². The smallest absolute Gasteiger partial charge is 0.256 e. The molecule has 0 amide bonds. The fraction of sp³-hybridized carbons (Fsp3) is 0.125. The van der Waals surface area contributed by atoms with Gasteiger partial charge in [-0.1, -0.05) is 0 Å². The van der Waals surface area contributed by atoms with Crippen molar-refractivity contribution in [2.24, 2.45) is 0 Å². The number of nitrogens with zero attached hydrogens (tertiary/aromatic N) is 6. The number of fused-ring (bicyclic) bond motifs is 1. The average molecular weight is 356 g/mol. The molecule has 0 saturated carbocycles. The van der Waals surface area contributed by atoms with E-state index in [2.05, 4.69) is 15.1 Å². The molecule has 0 aliphatic heterocycles. The lowest BCUT2D eigenvalue weighted by Crippen LogP contribution is -2.08. The Morgan fingerprint density at radius 2 is 2.12 bits per heavy atom. The molecule has 4 heterocycles. The molecule has 0 fully saturated rings. The van der Waals surface area contributed by atoms with Crippen molar-refractivity contribution in [1.82, 2.24) is 24.1 Å². The van der Waals surface area contributed by atoms with Gasteiger partial charge in [-0.3, -0.25) is 0 Å². The van der Waals surface area contributed by atoms with Gasteiger partial charge in [0.05, 0.1) is 30.5 Å². The van der Waals surface area contributed by atoms with Gasteiger partial charge in [0.1, 0.15) is 11.8 Å². The summed E-state index contributed by atoms with van der Waals surface area (Å²) < 4.78 is 28.7. The molecule has 4 aromatic rings. The number of imidazole rings is 2.